The number of aromatic hydroxyl groups is 1. The maximum Gasteiger partial charge on any atom is 0.266 e. The Labute approximate surface area is 120 Å². The summed E-state index contributed by atoms with van der Waals surface area (Å²) in [6.07, 6.45) is 0. The summed E-state index contributed by atoms with van der Waals surface area (Å²) in [7, 11) is 0. The molecule has 0 aliphatic rings. The molecule has 20 heavy (non-hydrogen) atoms. The number of phenols is 1. The standard InChI is InChI=1S/C16H13NO2S/c1-10-8-9-20-15(10)16(19)17-13-6-2-5-12-11(13)4-3-7-14(12)18/h2-9,18H,1H3,(H,17,19). The summed E-state index contributed by atoms with van der Waals surface area (Å²) < 4.78 is 0. The van der Waals surface area contributed by atoms with Crippen LogP contribution in [0.5, 0.6) is 5.75 Å². The largest absolute Gasteiger partial charge is 0.507 e. The molecule has 100 valence electrons. The average molecular weight is 283 g/mol. The van der Waals surface area contributed by atoms with E-state index in [0.29, 0.717) is 10.6 Å². The number of hydrogen-bond acceptors (Lipinski definition) is 3. The van der Waals surface area contributed by atoms with Crippen molar-refractivity contribution < 1.29 is 9.90 Å². The van der Waals surface area contributed by atoms with Gasteiger partial charge >= 0.3 is 0 Å². The Kier molecular flexibility index (Phi) is 3.16. The molecular formula is C16H13NO2S. The molecule has 1 amide bonds. The van der Waals surface area contributed by atoms with Crippen LogP contribution in [0.2, 0.25) is 0 Å². The van der Waals surface area contributed by atoms with Crippen LogP contribution < -0.4 is 5.32 Å². The number of benzene rings is 2. The highest BCUT2D eigenvalue weighted by molar-refractivity contribution is 7.12. The van der Waals surface area contributed by atoms with Crippen LogP contribution in [0, 0.1) is 6.92 Å². The van der Waals surface area contributed by atoms with Crippen LogP contribution in [0.15, 0.2) is 47.8 Å². The highest BCUT2D eigenvalue weighted by Crippen LogP contribution is 2.30. The molecule has 0 unspecified atom stereocenters. The highest BCUT2D eigenvalue weighted by Gasteiger charge is 2.12. The number of carbonyl (C=O) groups excluding carboxylic acids is 1. The lowest BCUT2D eigenvalue weighted by Crippen LogP contribution is -2.11. The van der Waals surface area contributed by atoms with E-state index in [9.17, 15) is 9.90 Å². The van der Waals surface area contributed by atoms with Gasteiger partial charge in [-0.2, -0.15) is 0 Å². The molecule has 1 aromatic heterocycles. The van der Waals surface area contributed by atoms with E-state index < -0.39 is 0 Å². The van der Waals surface area contributed by atoms with Crippen LogP contribution in [0.1, 0.15) is 15.2 Å². The summed E-state index contributed by atoms with van der Waals surface area (Å²) in [5.41, 5.74) is 1.67. The third kappa shape index (κ3) is 2.14. The van der Waals surface area contributed by atoms with Crippen LogP contribution in [0.3, 0.4) is 0 Å². The molecule has 0 spiro atoms. The summed E-state index contributed by atoms with van der Waals surface area (Å²) in [5.74, 6) is 0.0965. The molecule has 3 aromatic rings. The minimum absolute atomic E-state index is 0.117. The Hall–Kier alpha value is -2.33. The van der Waals surface area contributed by atoms with E-state index >= 15 is 0 Å². The molecule has 0 radical (unpaired) electrons. The van der Waals surface area contributed by atoms with Crippen molar-refractivity contribution in [2.45, 2.75) is 6.92 Å². The number of rotatable bonds is 2. The molecule has 3 nitrogen and oxygen atoms in total. The van der Waals surface area contributed by atoms with Gasteiger partial charge in [-0.25, -0.2) is 0 Å². The van der Waals surface area contributed by atoms with Crippen molar-refractivity contribution in [3.63, 3.8) is 0 Å². The number of nitrogens with one attached hydrogen (secondary N) is 1. The third-order valence-corrected chi connectivity index (χ3v) is 4.23. The fraction of sp³-hybridized carbons (Fsp3) is 0.0625. The van der Waals surface area contributed by atoms with Gasteiger partial charge in [0.05, 0.1) is 4.88 Å². The molecule has 3 rings (SSSR count). The maximum absolute atomic E-state index is 12.3. The smallest absolute Gasteiger partial charge is 0.266 e. The summed E-state index contributed by atoms with van der Waals surface area (Å²) >= 11 is 1.42. The molecule has 0 fully saturated rings. The Morgan fingerprint density at radius 2 is 1.85 bits per heavy atom. The van der Waals surface area contributed by atoms with E-state index in [-0.39, 0.29) is 11.7 Å². The molecule has 2 aromatic carbocycles. The molecule has 0 aliphatic carbocycles. The van der Waals surface area contributed by atoms with Gasteiger partial charge < -0.3 is 10.4 Å². The number of carbonyl (C=O) groups is 1. The maximum atomic E-state index is 12.3. The van der Waals surface area contributed by atoms with Gasteiger partial charge in [0.25, 0.3) is 5.91 Å². The van der Waals surface area contributed by atoms with Crippen LogP contribution >= 0.6 is 11.3 Å². The summed E-state index contributed by atoms with van der Waals surface area (Å²) in [6.45, 7) is 1.92. The van der Waals surface area contributed by atoms with Crippen molar-refractivity contribution in [3.8, 4) is 5.75 Å². The van der Waals surface area contributed by atoms with Crippen LogP contribution in [-0.4, -0.2) is 11.0 Å². The fourth-order valence-corrected chi connectivity index (χ4v) is 3.01. The van der Waals surface area contributed by atoms with Crippen molar-refractivity contribution in [2.75, 3.05) is 5.32 Å². The minimum Gasteiger partial charge on any atom is -0.507 e. The number of hydrogen-bond donors (Lipinski definition) is 2. The Morgan fingerprint density at radius 1 is 1.10 bits per heavy atom. The van der Waals surface area contributed by atoms with E-state index in [1.165, 1.54) is 11.3 Å². The molecule has 0 saturated carbocycles. The number of phenolic OH excluding ortho intramolecular Hbond substituents is 1. The second-order valence-corrected chi connectivity index (χ2v) is 5.48. The molecule has 2 N–H and O–H groups in total. The first-order chi connectivity index (χ1) is 9.66. The number of anilines is 1. The van der Waals surface area contributed by atoms with E-state index in [1.54, 1.807) is 12.1 Å². The topological polar surface area (TPSA) is 49.3 Å². The van der Waals surface area contributed by atoms with Crippen molar-refractivity contribution >= 4 is 33.7 Å². The summed E-state index contributed by atoms with van der Waals surface area (Å²) in [6, 6.07) is 12.7. The summed E-state index contributed by atoms with van der Waals surface area (Å²) in [5, 5.41) is 16.2. The van der Waals surface area contributed by atoms with Gasteiger partial charge in [0.2, 0.25) is 0 Å². The number of amides is 1. The average Bonchev–Trinajstić information content (AvgIpc) is 2.86. The van der Waals surface area contributed by atoms with E-state index in [2.05, 4.69) is 5.32 Å². The van der Waals surface area contributed by atoms with Gasteiger partial charge in [-0.1, -0.05) is 24.3 Å². The second kappa shape index (κ2) is 4.98. The van der Waals surface area contributed by atoms with Gasteiger partial charge in [0, 0.05) is 16.5 Å². The molecule has 0 saturated heterocycles. The first kappa shape index (κ1) is 12.7. The highest BCUT2D eigenvalue weighted by atomic mass is 32.1. The lowest BCUT2D eigenvalue weighted by Gasteiger charge is -2.09. The molecule has 1 heterocycles. The zero-order valence-electron chi connectivity index (χ0n) is 10.9. The zero-order valence-corrected chi connectivity index (χ0v) is 11.7. The normalized spacial score (nSPS) is 10.7. The minimum atomic E-state index is -0.117. The van der Waals surface area contributed by atoms with Crippen LogP contribution in [0.25, 0.3) is 10.8 Å². The van der Waals surface area contributed by atoms with Gasteiger partial charge in [0.15, 0.2) is 0 Å². The monoisotopic (exact) mass is 283 g/mol. The molecule has 0 bridgehead atoms. The van der Waals surface area contributed by atoms with Crippen molar-refractivity contribution in [1.82, 2.24) is 0 Å². The van der Waals surface area contributed by atoms with Gasteiger partial charge in [-0.15, -0.1) is 11.3 Å². The van der Waals surface area contributed by atoms with E-state index in [1.807, 2.05) is 42.6 Å². The number of fused-ring (bicyclic) bond motifs is 1. The SMILES string of the molecule is Cc1ccsc1C(=O)Nc1cccc2c(O)cccc12. The fourth-order valence-electron chi connectivity index (χ4n) is 2.19. The third-order valence-electron chi connectivity index (χ3n) is 3.22. The number of aryl methyl sites for hydroxylation is 1. The van der Waals surface area contributed by atoms with Gasteiger partial charge in [-0.05, 0) is 36.1 Å². The summed E-state index contributed by atoms with van der Waals surface area (Å²) in [4.78, 5) is 13.0. The van der Waals surface area contributed by atoms with Crippen molar-refractivity contribution in [3.05, 3.63) is 58.3 Å². The van der Waals surface area contributed by atoms with E-state index in [4.69, 9.17) is 0 Å². The predicted octanol–water partition coefficient (Wildman–Crippen LogP) is 4.17. The Balaban J connectivity index is 2.02. The second-order valence-electron chi connectivity index (χ2n) is 4.56. The molecular weight excluding hydrogens is 270 g/mol. The lowest BCUT2D eigenvalue weighted by molar-refractivity contribution is 0.103. The number of thiophene rings is 1. The van der Waals surface area contributed by atoms with Crippen LogP contribution in [-0.2, 0) is 0 Å². The molecule has 0 aliphatic heterocycles. The van der Waals surface area contributed by atoms with Crippen molar-refractivity contribution in [2.24, 2.45) is 0 Å². The Morgan fingerprint density at radius 3 is 2.60 bits per heavy atom. The Bertz CT molecular complexity index is 792. The molecule has 4 heteroatoms. The first-order valence-electron chi connectivity index (χ1n) is 6.23. The quantitative estimate of drug-likeness (QED) is 0.741. The first-order valence-corrected chi connectivity index (χ1v) is 7.11. The van der Waals surface area contributed by atoms with Gasteiger partial charge in [-0.3, -0.25) is 4.79 Å². The lowest BCUT2D eigenvalue weighted by atomic mass is 10.1. The van der Waals surface area contributed by atoms with Crippen molar-refractivity contribution in [1.29, 1.82) is 0 Å². The van der Waals surface area contributed by atoms with E-state index in [0.717, 1.165) is 16.3 Å². The molecule has 0 atom stereocenters. The van der Waals surface area contributed by atoms with Gasteiger partial charge in [0.1, 0.15) is 5.75 Å². The zero-order chi connectivity index (χ0) is 14.1. The predicted molar refractivity (Wildman–Crippen MR) is 82.6 cm³/mol. The van der Waals surface area contributed by atoms with Crippen LogP contribution in [0.4, 0.5) is 5.69 Å².